The van der Waals surface area contributed by atoms with Crippen molar-refractivity contribution in [3.63, 3.8) is 0 Å². The first-order valence-electron chi connectivity index (χ1n) is 6.21. The Morgan fingerprint density at radius 3 is 2.74 bits per heavy atom. The predicted octanol–water partition coefficient (Wildman–Crippen LogP) is 1.07. The molecule has 0 atom stereocenters. The molecule has 0 aliphatic carbocycles. The fraction of sp³-hybridized carbons (Fsp3) is 0.667. The maximum atomic E-state index is 12.2. The van der Waals surface area contributed by atoms with Gasteiger partial charge in [0.2, 0.25) is 0 Å². The Bertz CT molecular complexity index is 445. The van der Waals surface area contributed by atoms with Crippen molar-refractivity contribution in [2.45, 2.75) is 32.7 Å². The van der Waals surface area contributed by atoms with Crippen molar-refractivity contribution in [2.24, 2.45) is 0 Å². The normalized spacial score (nSPS) is 11.4. The number of thiazole rings is 1. The standard InChI is InChI=1S/C12H22N4O2S/c1-5-16(4)11-14-9(13)8(19-11)10(18)15-12(2,3)6-7-17/h17H,5-7,13H2,1-4H3,(H,15,18). The number of hydrogen-bond donors (Lipinski definition) is 3. The Hall–Kier alpha value is -1.34. The van der Waals surface area contributed by atoms with Crippen molar-refractivity contribution >= 4 is 28.2 Å². The number of carbonyl (C=O) groups excluding carboxylic acids is 1. The molecule has 0 bridgehead atoms. The van der Waals surface area contributed by atoms with E-state index >= 15 is 0 Å². The van der Waals surface area contributed by atoms with Crippen molar-refractivity contribution in [1.82, 2.24) is 10.3 Å². The highest BCUT2D eigenvalue weighted by Crippen LogP contribution is 2.27. The summed E-state index contributed by atoms with van der Waals surface area (Å²) < 4.78 is 0. The van der Waals surface area contributed by atoms with Gasteiger partial charge in [-0.15, -0.1) is 0 Å². The molecule has 0 saturated carbocycles. The highest BCUT2D eigenvalue weighted by atomic mass is 32.1. The maximum Gasteiger partial charge on any atom is 0.265 e. The third-order valence-electron chi connectivity index (χ3n) is 2.84. The quantitative estimate of drug-likeness (QED) is 0.727. The van der Waals surface area contributed by atoms with E-state index in [2.05, 4.69) is 10.3 Å². The summed E-state index contributed by atoms with van der Waals surface area (Å²) in [6, 6.07) is 0. The molecule has 1 heterocycles. The Labute approximate surface area is 117 Å². The Morgan fingerprint density at radius 1 is 1.58 bits per heavy atom. The summed E-state index contributed by atoms with van der Waals surface area (Å²) in [6.45, 7) is 6.54. The van der Waals surface area contributed by atoms with E-state index in [1.54, 1.807) is 0 Å². The van der Waals surface area contributed by atoms with Gasteiger partial charge in [0.1, 0.15) is 10.7 Å². The lowest BCUT2D eigenvalue weighted by molar-refractivity contribution is 0.0904. The summed E-state index contributed by atoms with van der Waals surface area (Å²) in [5.74, 6) is 0.00167. The van der Waals surface area contributed by atoms with Crippen molar-refractivity contribution < 1.29 is 9.90 Å². The molecule has 4 N–H and O–H groups in total. The lowest BCUT2D eigenvalue weighted by Crippen LogP contribution is -2.43. The largest absolute Gasteiger partial charge is 0.396 e. The molecule has 0 aliphatic heterocycles. The van der Waals surface area contributed by atoms with Gasteiger partial charge in [-0.05, 0) is 27.2 Å². The van der Waals surface area contributed by atoms with E-state index in [1.165, 1.54) is 11.3 Å². The van der Waals surface area contributed by atoms with Crippen LogP contribution in [0.4, 0.5) is 10.9 Å². The molecule has 0 unspecified atom stereocenters. The van der Waals surface area contributed by atoms with Crippen LogP contribution < -0.4 is 16.0 Å². The number of nitrogens with zero attached hydrogens (tertiary/aromatic N) is 2. The third-order valence-corrected chi connectivity index (χ3v) is 4.02. The molecule has 7 heteroatoms. The summed E-state index contributed by atoms with van der Waals surface area (Å²) in [6.07, 6.45) is 0.485. The van der Waals surface area contributed by atoms with E-state index in [-0.39, 0.29) is 18.3 Å². The van der Waals surface area contributed by atoms with Crippen LogP contribution >= 0.6 is 11.3 Å². The molecule has 108 valence electrons. The Morgan fingerprint density at radius 2 is 2.21 bits per heavy atom. The lowest BCUT2D eigenvalue weighted by Gasteiger charge is -2.24. The average Bonchev–Trinajstić information content (AvgIpc) is 2.69. The van der Waals surface area contributed by atoms with Crippen molar-refractivity contribution in [3.05, 3.63) is 4.88 Å². The van der Waals surface area contributed by atoms with Gasteiger partial charge in [0.25, 0.3) is 5.91 Å². The van der Waals surface area contributed by atoms with Crippen LogP contribution in [0.2, 0.25) is 0 Å². The van der Waals surface area contributed by atoms with Crippen molar-refractivity contribution in [3.8, 4) is 0 Å². The average molecular weight is 286 g/mol. The van der Waals surface area contributed by atoms with Crippen LogP contribution in [0.1, 0.15) is 36.9 Å². The molecule has 0 radical (unpaired) electrons. The zero-order valence-electron chi connectivity index (χ0n) is 11.9. The zero-order chi connectivity index (χ0) is 14.6. The van der Waals surface area contributed by atoms with Crippen molar-refractivity contribution in [1.29, 1.82) is 0 Å². The summed E-state index contributed by atoms with van der Waals surface area (Å²) in [4.78, 5) is 18.7. The number of nitrogens with one attached hydrogen (secondary N) is 1. The monoisotopic (exact) mass is 286 g/mol. The Balaban J connectivity index is 2.86. The van der Waals surface area contributed by atoms with E-state index in [0.717, 1.165) is 11.7 Å². The third kappa shape index (κ3) is 4.07. The molecule has 6 nitrogen and oxygen atoms in total. The van der Waals surface area contributed by atoms with E-state index in [0.29, 0.717) is 11.3 Å². The summed E-state index contributed by atoms with van der Waals surface area (Å²) in [7, 11) is 1.90. The minimum Gasteiger partial charge on any atom is -0.396 e. The SMILES string of the molecule is CCN(C)c1nc(N)c(C(=O)NC(C)(C)CCO)s1. The van der Waals surface area contributed by atoms with E-state index in [1.807, 2.05) is 32.7 Å². The first-order valence-corrected chi connectivity index (χ1v) is 7.03. The number of hydrogen-bond acceptors (Lipinski definition) is 6. The van der Waals surface area contributed by atoms with Crippen LogP contribution in [0.15, 0.2) is 0 Å². The number of aliphatic hydroxyl groups is 1. The number of rotatable bonds is 6. The first-order chi connectivity index (χ1) is 8.80. The topological polar surface area (TPSA) is 91.5 Å². The second-order valence-corrected chi connectivity index (χ2v) is 6.01. The van der Waals surface area contributed by atoms with Crippen LogP contribution in [-0.4, -0.2) is 41.7 Å². The Kier molecular flexibility index (Phi) is 5.13. The minimum atomic E-state index is -0.473. The molecule has 0 aliphatic rings. The minimum absolute atomic E-state index is 0.0231. The van der Waals surface area contributed by atoms with Crippen LogP contribution in [0.5, 0.6) is 0 Å². The van der Waals surface area contributed by atoms with Crippen LogP contribution in [0.3, 0.4) is 0 Å². The van der Waals surface area contributed by atoms with Gasteiger partial charge in [0.05, 0.1) is 0 Å². The molecule has 1 aromatic rings. The van der Waals surface area contributed by atoms with Gasteiger partial charge in [-0.3, -0.25) is 4.79 Å². The number of amides is 1. The molecule has 0 spiro atoms. The predicted molar refractivity (Wildman–Crippen MR) is 78.7 cm³/mol. The fourth-order valence-corrected chi connectivity index (χ4v) is 2.39. The fourth-order valence-electron chi connectivity index (χ4n) is 1.49. The molecule has 0 fully saturated rings. The van der Waals surface area contributed by atoms with E-state index < -0.39 is 5.54 Å². The smallest absolute Gasteiger partial charge is 0.265 e. The molecule has 1 aromatic heterocycles. The zero-order valence-corrected chi connectivity index (χ0v) is 12.7. The van der Waals surface area contributed by atoms with Crippen LogP contribution in [0.25, 0.3) is 0 Å². The highest BCUT2D eigenvalue weighted by Gasteiger charge is 2.24. The molecule has 19 heavy (non-hydrogen) atoms. The van der Waals surface area contributed by atoms with E-state index in [9.17, 15) is 4.79 Å². The molecule has 1 rings (SSSR count). The molecular weight excluding hydrogens is 264 g/mol. The second-order valence-electron chi connectivity index (χ2n) is 5.04. The first kappa shape index (κ1) is 15.7. The van der Waals surface area contributed by atoms with E-state index in [4.69, 9.17) is 10.8 Å². The van der Waals surface area contributed by atoms with Gasteiger partial charge in [0, 0.05) is 25.7 Å². The highest BCUT2D eigenvalue weighted by molar-refractivity contribution is 7.18. The van der Waals surface area contributed by atoms with Crippen LogP contribution in [-0.2, 0) is 0 Å². The van der Waals surface area contributed by atoms with Gasteiger partial charge in [-0.2, -0.15) is 0 Å². The molecule has 1 amide bonds. The number of nitrogens with two attached hydrogens (primary N) is 1. The van der Waals surface area contributed by atoms with Crippen molar-refractivity contribution in [2.75, 3.05) is 30.8 Å². The summed E-state index contributed by atoms with van der Waals surface area (Å²) >= 11 is 1.27. The van der Waals surface area contributed by atoms with Gasteiger partial charge in [0.15, 0.2) is 5.13 Å². The van der Waals surface area contributed by atoms with Gasteiger partial charge >= 0.3 is 0 Å². The number of carbonyl (C=O) groups is 1. The molecule has 0 aromatic carbocycles. The number of nitrogen functional groups attached to an aromatic ring is 1. The number of aromatic nitrogens is 1. The molecule has 0 saturated heterocycles. The van der Waals surface area contributed by atoms with Gasteiger partial charge < -0.3 is 21.1 Å². The lowest BCUT2D eigenvalue weighted by atomic mass is 10.0. The summed E-state index contributed by atoms with van der Waals surface area (Å²) in [5, 5.41) is 12.5. The maximum absolute atomic E-state index is 12.2. The van der Waals surface area contributed by atoms with Crippen LogP contribution in [0, 0.1) is 0 Å². The molecular formula is C12H22N4O2S. The number of anilines is 2. The second kappa shape index (κ2) is 6.21. The number of aliphatic hydroxyl groups excluding tert-OH is 1. The summed E-state index contributed by atoms with van der Waals surface area (Å²) in [5.41, 5.74) is 5.32. The van der Waals surface area contributed by atoms with Gasteiger partial charge in [-0.1, -0.05) is 11.3 Å². The van der Waals surface area contributed by atoms with Gasteiger partial charge in [-0.25, -0.2) is 4.98 Å².